The normalized spacial score (nSPS) is 16.9. The zero-order valence-corrected chi connectivity index (χ0v) is 15.8. The standard InChI is InChI=1S/C21H28FN3O2/c1-2-23-20(24-12-9-19-4-3-13-27-19)25-16-21(10-14-26-15-11-21)17-5-7-18(22)8-6-17/h3-8,13H,2,9-12,14-16H2,1H3,(H2,23,24,25). The second-order valence-electron chi connectivity index (χ2n) is 6.85. The predicted octanol–water partition coefficient (Wildman–Crippen LogP) is 3.26. The van der Waals surface area contributed by atoms with Crippen molar-refractivity contribution in [2.45, 2.75) is 31.6 Å². The molecule has 146 valence electrons. The Hall–Kier alpha value is -2.34. The predicted molar refractivity (Wildman–Crippen MR) is 105 cm³/mol. The fraction of sp³-hybridized carbons (Fsp3) is 0.476. The molecule has 6 heteroatoms. The van der Waals surface area contributed by atoms with Gasteiger partial charge in [-0.2, -0.15) is 0 Å². The molecule has 1 aromatic heterocycles. The van der Waals surface area contributed by atoms with Crippen LogP contribution in [0.25, 0.3) is 0 Å². The van der Waals surface area contributed by atoms with E-state index in [-0.39, 0.29) is 11.2 Å². The summed E-state index contributed by atoms with van der Waals surface area (Å²) >= 11 is 0. The van der Waals surface area contributed by atoms with E-state index < -0.39 is 0 Å². The summed E-state index contributed by atoms with van der Waals surface area (Å²) in [6, 6.07) is 10.7. The molecule has 1 aliphatic heterocycles. The Morgan fingerprint density at radius 1 is 1.15 bits per heavy atom. The lowest BCUT2D eigenvalue weighted by Gasteiger charge is -2.36. The van der Waals surface area contributed by atoms with Crippen molar-refractivity contribution < 1.29 is 13.5 Å². The first-order valence-corrected chi connectivity index (χ1v) is 9.60. The first-order valence-electron chi connectivity index (χ1n) is 9.60. The fourth-order valence-electron chi connectivity index (χ4n) is 3.43. The van der Waals surface area contributed by atoms with Crippen LogP contribution in [0.2, 0.25) is 0 Å². The zero-order chi connectivity index (χ0) is 19.0. The second kappa shape index (κ2) is 9.55. The molecule has 0 saturated carbocycles. The van der Waals surface area contributed by atoms with Crippen LogP contribution in [0.3, 0.4) is 0 Å². The number of ether oxygens (including phenoxy) is 1. The second-order valence-corrected chi connectivity index (χ2v) is 6.85. The van der Waals surface area contributed by atoms with E-state index in [9.17, 15) is 4.39 Å². The largest absolute Gasteiger partial charge is 0.469 e. The summed E-state index contributed by atoms with van der Waals surface area (Å²) in [5.41, 5.74) is 1.01. The number of guanidine groups is 1. The van der Waals surface area contributed by atoms with Crippen LogP contribution < -0.4 is 10.6 Å². The molecular formula is C21H28FN3O2. The highest BCUT2D eigenvalue weighted by Crippen LogP contribution is 2.35. The third-order valence-corrected chi connectivity index (χ3v) is 5.03. The molecule has 0 radical (unpaired) electrons. The molecule has 0 spiro atoms. The van der Waals surface area contributed by atoms with Gasteiger partial charge >= 0.3 is 0 Å². The number of rotatable bonds is 7. The lowest BCUT2D eigenvalue weighted by Crippen LogP contribution is -2.41. The van der Waals surface area contributed by atoms with Gasteiger partial charge in [0.15, 0.2) is 5.96 Å². The van der Waals surface area contributed by atoms with Crippen LogP contribution in [-0.4, -0.2) is 38.8 Å². The summed E-state index contributed by atoms with van der Waals surface area (Å²) in [6.45, 7) is 5.63. The van der Waals surface area contributed by atoms with E-state index in [1.165, 1.54) is 12.1 Å². The molecule has 0 bridgehead atoms. The minimum atomic E-state index is -0.211. The molecule has 2 heterocycles. The molecule has 0 amide bonds. The lowest BCUT2D eigenvalue weighted by atomic mass is 9.74. The van der Waals surface area contributed by atoms with Gasteiger partial charge in [0, 0.05) is 38.1 Å². The van der Waals surface area contributed by atoms with Crippen LogP contribution >= 0.6 is 0 Å². The monoisotopic (exact) mass is 373 g/mol. The van der Waals surface area contributed by atoms with Crippen LogP contribution in [0.5, 0.6) is 0 Å². The number of nitrogens with zero attached hydrogens (tertiary/aromatic N) is 1. The van der Waals surface area contributed by atoms with E-state index in [1.807, 2.05) is 31.2 Å². The van der Waals surface area contributed by atoms with Crippen molar-refractivity contribution in [1.82, 2.24) is 10.6 Å². The Morgan fingerprint density at radius 2 is 1.93 bits per heavy atom. The molecule has 0 aliphatic carbocycles. The highest BCUT2D eigenvalue weighted by molar-refractivity contribution is 5.79. The first-order chi connectivity index (χ1) is 13.2. The van der Waals surface area contributed by atoms with Crippen LogP contribution in [-0.2, 0) is 16.6 Å². The quantitative estimate of drug-likeness (QED) is 0.578. The SMILES string of the molecule is CCNC(=NCC1(c2ccc(F)cc2)CCOCC1)NCCc1ccco1. The Bertz CT molecular complexity index is 708. The Balaban J connectivity index is 1.69. The van der Waals surface area contributed by atoms with E-state index >= 15 is 0 Å². The van der Waals surface area contributed by atoms with Crippen LogP contribution in [0.4, 0.5) is 4.39 Å². The van der Waals surface area contributed by atoms with Crippen molar-refractivity contribution in [3.63, 3.8) is 0 Å². The van der Waals surface area contributed by atoms with Gasteiger partial charge in [-0.05, 0) is 49.6 Å². The highest BCUT2D eigenvalue weighted by Gasteiger charge is 2.34. The summed E-state index contributed by atoms with van der Waals surface area (Å²) in [5.74, 6) is 1.53. The van der Waals surface area contributed by atoms with Crippen molar-refractivity contribution in [3.05, 3.63) is 59.8 Å². The van der Waals surface area contributed by atoms with E-state index in [1.54, 1.807) is 6.26 Å². The number of hydrogen-bond acceptors (Lipinski definition) is 3. The maximum absolute atomic E-state index is 13.4. The molecule has 1 aliphatic rings. The molecule has 1 saturated heterocycles. The topological polar surface area (TPSA) is 58.8 Å². The van der Waals surface area contributed by atoms with Gasteiger partial charge in [-0.15, -0.1) is 0 Å². The molecule has 27 heavy (non-hydrogen) atoms. The van der Waals surface area contributed by atoms with E-state index in [0.717, 1.165) is 49.6 Å². The lowest BCUT2D eigenvalue weighted by molar-refractivity contribution is 0.0531. The maximum atomic E-state index is 13.4. The molecule has 1 aromatic carbocycles. The fourth-order valence-corrected chi connectivity index (χ4v) is 3.43. The third-order valence-electron chi connectivity index (χ3n) is 5.03. The van der Waals surface area contributed by atoms with E-state index in [4.69, 9.17) is 14.1 Å². The van der Waals surface area contributed by atoms with Crippen LogP contribution in [0, 0.1) is 5.82 Å². The van der Waals surface area contributed by atoms with E-state index in [0.29, 0.717) is 19.8 Å². The number of benzene rings is 1. The van der Waals surface area contributed by atoms with Crippen LogP contribution in [0.1, 0.15) is 31.1 Å². The Labute approximate surface area is 160 Å². The Morgan fingerprint density at radius 3 is 2.59 bits per heavy atom. The third kappa shape index (κ3) is 5.32. The van der Waals surface area contributed by atoms with E-state index in [2.05, 4.69) is 10.6 Å². The average Bonchev–Trinajstić information content (AvgIpc) is 3.21. The summed E-state index contributed by atoms with van der Waals surface area (Å²) in [5, 5.41) is 6.66. The summed E-state index contributed by atoms with van der Waals surface area (Å²) in [4.78, 5) is 4.84. The smallest absolute Gasteiger partial charge is 0.191 e. The molecular weight excluding hydrogens is 345 g/mol. The average molecular weight is 373 g/mol. The zero-order valence-electron chi connectivity index (χ0n) is 15.8. The maximum Gasteiger partial charge on any atom is 0.191 e. The van der Waals surface area contributed by atoms with Gasteiger partial charge in [0.25, 0.3) is 0 Å². The number of aliphatic imine (C=N–C) groups is 1. The molecule has 0 atom stereocenters. The van der Waals surface area contributed by atoms with Crippen molar-refractivity contribution >= 4 is 5.96 Å². The van der Waals surface area contributed by atoms with Crippen molar-refractivity contribution in [1.29, 1.82) is 0 Å². The number of halogens is 1. The Kier molecular flexibility index (Phi) is 6.87. The van der Waals surface area contributed by atoms with Crippen LogP contribution in [0.15, 0.2) is 52.1 Å². The number of hydrogen-bond donors (Lipinski definition) is 2. The van der Waals surface area contributed by atoms with Gasteiger partial charge in [0.2, 0.25) is 0 Å². The molecule has 2 aromatic rings. The minimum absolute atomic E-state index is 0.116. The molecule has 0 unspecified atom stereocenters. The molecule has 3 rings (SSSR count). The summed E-state index contributed by atoms with van der Waals surface area (Å²) in [6.07, 6.45) is 4.25. The molecule has 5 nitrogen and oxygen atoms in total. The van der Waals surface area contributed by atoms with Crippen molar-refractivity contribution in [2.24, 2.45) is 4.99 Å². The van der Waals surface area contributed by atoms with Crippen molar-refractivity contribution in [3.8, 4) is 0 Å². The van der Waals surface area contributed by atoms with Crippen molar-refractivity contribution in [2.75, 3.05) is 32.8 Å². The van der Waals surface area contributed by atoms with Gasteiger partial charge in [-0.25, -0.2) is 4.39 Å². The number of furan rings is 1. The van der Waals surface area contributed by atoms with Gasteiger partial charge < -0.3 is 19.8 Å². The molecule has 2 N–H and O–H groups in total. The number of nitrogens with one attached hydrogen (secondary N) is 2. The first kappa shape index (κ1) is 19.4. The van der Waals surface area contributed by atoms with Gasteiger partial charge in [-0.1, -0.05) is 12.1 Å². The molecule has 1 fully saturated rings. The highest BCUT2D eigenvalue weighted by atomic mass is 19.1. The van der Waals surface area contributed by atoms with Gasteiger partial charge in [0.05, 0.1) is 12.8 Å². The van der Waals surface area contributed by atoms with Gasteiger partial charge in [-0.3, -0.25) is 4.99 Å². The summed E-state index contributed by atoms with van der Waals surface area (Å²) in [7, 11) is 0. The van der Waals surface area contributed by atoms with Gasteiger partial charge in [0.1, 0.15) is 11.6 Å². The minimum Gasteiger partial charge on any atom is -0.469 e. The summed E-state index contributed by atoms with van der Waals surface area (Å²) < 4.78 is 24.3.